The van der Waals surface area contributed by atoms with Crippen molar-refractivity contribution in [2.45, 2.75) is 18.9 Å². The van der Waals surface area contributed by atoms with Crippen LogP contribution in [0.4, 0.5) is 11.6 Å². The number of halogens is 1. The van der Waals surface area contributed by atoms with Crippen molar-refractivity contribution in [3.8, 4) is 0 Å². The number of sulfone groups is 1. The zero-order chi connectivity index (χ0) is 17.0. The quantitative estimate of drug-likeness (QED) is 0.816. The highest BCUT2D eigenvalue weighted by Gasteiger charge is 2.27. The Hall–Kier alpha value is -1.86. The fraction of sp³-hybridized carbons (Fsp3) is 0.375. The van der Waals surface area contributed by atoms with Crippen LogP contribution in [0, 0.1) is 0 Å². The normalized spacial score (nSPS) is 19.1. The Morgan fingerprint density at radius 3 is 2.79 bits per heavy atom. The van der Waals surface area contributed by atoms with Crippen molar-refractivity contribution in [1.82, 2.24) is 9.97 Å². The van der Waals surface area contributed by atoms with Gasteiger partial charge in [0.15, 0.2) is 9.84 Å². The number of hydrogen-bond donors (Lipinski definition) is 2. The molecule has 1 unspecified atom stereocenters. The van der Waals surface area contributed by atoms with E-state index in [-0.39, 0.29) is 17.5 Å². The van der Waals surface area contributed by atoms with Crippen LogP contribution in [0.15, 0.2) is 36.7 Å². The largest absolute Gasteiger partial charge is 0.370 e. The lowest BCUT2D eigenvalue weighted by Crippen LogP contribution is -2.21. The van der Waals surface area contributed by atoms with Gasteiger partial charge in [0.1, 0.15) is 18.0 Å². The molecule has 2 heterocycles. The molecule has 24 heavy (non-hydrogen) atoms. The molecule has 0 amide bonds. The lowest BCUT2D eigenvalue weighted by Gasteiger charge is -2.12. The highest BCUT2D eigenvalue weighted by Crippen LogP contribution is 2.17. The second-order valence-electron chi connectivity index (χ2n) is 5.84. The van der Waals surface area contributed by atoms with E-state index in [0.717, 1.165) is 17.0 Å². The van der Waals surface area contributed by atoms with Crippen molar-refractivity contribution in [3.63, 3.8) is 0 Å². The lowest BCUT2D eigenvalue weighted by atomic mass is 10.1. The Labute approximate surface area is 146 Å². The van der Waals surface area contributed by atoms with Crippen molar-refractivity contribution in [3.05, 3.63) is 47.2 Å². The zero-order valence-electron chi connectivity index (χ0n) is 13.1. The van der Waals surface area contributed by atoms with Gasteiger partial charge in [-0.15, -0.1) is 0 Å². The third-order valence-electron chi connectivity index (χ3n) is 3.86. The van der Waals surface area contributed by atoms with Crippen molar-refractivity contribution in [2.75, 3.05) is 28.7 Å². The minimum atomic E-state index is -2.91. The van der Waals surface area contributed by atoms with Crippen LogP contribution in [0.5, 0.6) is 0 Å². The van der Waals surface area contributed by atoms with Gasteiger partial charge in [-0.3, -0.25) is 0 Å². The van der Waals surface area contributed by atoms with Crippen LogP contribution in [0.25, 0.3) is 0 Å². The molecule has 3 rings (SSSR count). The number of rotatable bonds is 6. The van der Waals surface area contributed by atoms with E-state index in [4.69, 9.17) is 11.6 Å². The number of benzene rings is 1. The third-order valence-corrected chi connectivity index (χ3v) is 5.86. The highest BCUT2D eigenvalue weighted by atomic mass is 35.5. The number of anilines is 2. The van der Waals surface area contributed by atoms with Crippen LogP contribution in [0.1, 0.15) is 12.0 Å². The monoisotopic (exact) mass is 366 g/mol. The van der Waals surface area contributed by atoms with Crippen molar-refractivity contribution in [2.24, 2.45) is 0 Å². The molecule has 0 radical (unpaired) electrons. The minimum Gasteiger partial charge on any atom is -0.370 e. The van der Waals surface area contributed by atoms with E-state index in [1.165, 1.54) is 6.33 Å². The summed E-state index contributed by atoms with van der Waals surface area (Å²) in [6.07, 6.45) is 2.91. The van der Waals surface area contributed by atoms with Crippen molar-refractivity contribution < 1.29 is 8.42 Å². The molecule has 1 atom stereocenters. The van der Waals surface area contributed by atoms with E-state index >= 15 is 0 Å². The molecule has 1 aromatic heterocycles. The summed E-state index contributed by atoms with van der Waals surface area (Å²) in [5.41, 5.74) is 1.15. The van der Waals surface area contributed by atoms with Gasteiger partial charge in [0, 0.05) is 23.7 Å². The van der Waals surface area contributed by atoms with Gasteiger partial charge in [-0.05, 0) is 30.5 Å². The molecule has 2 aromatic rings. The van der Waals surface area contributed by atoms with Gasteiger partial charge in [0.25, 0.3) is 0 Å². The SMILES string of the molecule is O=S1(=O)CCC(Nc2cc(NCCc3cccc(Cl)c3)ncn2)C1. The summed E-state index contributed by atoms with van der Waals surface area (Å²) >= 11 is 5.97. The summed E-state index contributed by atoms with van der Waals surface area (Å²) in [7, 11) is -2.91. The van der Waals surface area contributed by atoms with Gasteiger partial charge in [-0.25, -0.2) is 18.4 Å². The molecule has 0 saturated carbocycles. The molecule has 6 nitrogen and oxygen atoms in total. The molecule has 1 aliphatic rings. The molecule has 0 spiro atoms. The van der Waals surface area contributed by atoms with Gasteiger partial charge in [-0.2, -0.15) is 0 Å². The van der Waals surface area contributed by atoms with Crippen LogP contribution in [-0.2, 0) is 16.3 Å². The topological polar surface area (TPSA) is 84.0 Å². The summed E-state index contributed by atoms with van der Waals surface area (Å²) < 4.78 is 23.0. The van der Waals surface area contributed by atoms with Crippen LogP contribution in [-0.4, -0.2) is 42.5 Å². The molecule has 8 heteroatoms. The average Bonchev–Trinajstić information content (AvgIpc) is 2.86. The number of nitrogens with zero attached hydrogens (tertiary/aromatic N) is 2. The van der Waals surface area contributed by atoms with Crippen LogP contribution >= 0.6 is 11.6 Å². The second-order valence-corrected chi connectivity index (χ2v) is 8.50. The fourth-order valence-electron chi connectivity index (χ4n) is 2.68. The van der Waals surface area contributed by atoms with Crippen molar-refractivity contribution >= 4 is 33.1 Å². The van der Waals surface area contributed by atoms with E-state index in [1.54, 1.807) is 6.07 Å². The maximum atomic E-state index is 11.5. The van der Waals surface area contributed by atoms with E-state index in [2.05, 4.69) is 20.6 Å². The smallest absolute Gasteiger partial charge is 0.152 e. The molecule has 0 bridgehead atoms. The van der Waals surface area contributed by atoms with Crippen LogP contribution < -0.4 is 10.6 Å². The minimum absolute atomic E-state index is 0.0794. The Bertz CT molecular complexity index is 813. The number of hydrogen-bond acceptors (Lipinski definition) is 6. The first-order chi connectivity index (χ1) is 11.5. The van der Waals surface area contributed by atoms with Crippen LogP contribution in [0.2, 0.25) is 5.02 Å². The molecule has 2 N–H and O–H groups in total. The highest BCUT2D eigenvalue weighted by molar-refractivity contribution is 7.91. The first kappa shape index (κ1) is 17.0. The first-order valence-corrected chi connectivity index (χ1v) is 9.97. The molecule has 0 aliphatic carbocycles. The fourth-order valence-corrected chi connectivity index (χ4v) is 4.56. The van der Waals surface area contributed by atoms with Crippen molar-refractivity contribution in [1.29, 1.82) is 0 Å². The van der Waals surface area contributed by atoms with E-state index in [0.29, 0.717) is 24.6 Å². The molecule has 128 valence electrons. The Balaban J connectivity index is 1.53. The van der Waals surface area contributed by atoms with Gasteiger partial charge < -0.3 is 10.6 Å². The molecule has 1 fully saturated rings. The first-order valence-electron chi connectivity index (χ1n) is 7.77. The van der Waals surface area contributed by atoms with E-state index in [9.17, 15) is 8.42 Å². The van der Waals surface area contributed by atoms with E-state index in [1.807, 2.05) is 24.3 Å². The van der Waals surface area contributed by atoms with Gasteiger partial charge in [-0.1, -0.05) is 23.7 Å². The third kappa shape index (κ3) is 4.82. The summed E-state index contributed by atoms with van der Waals surface area (Å²) in [5, 5.41) is 7.14. The van der Waals surface area contributed by atoms with E-state index < -0.39 is 9.84 Å². The Morgan fingerprint density at radius 2 is 2.04 bits per heavy atom. The summed E-state index contributed by atoms with van der Waals surface area (Å²) in [5.74, 6) is 1.74. The van der Waals surface area contributed by atoms with Gasteiger partial charge in [0.05, 0.1) is 11.5 Å². The molecule has 1 saturated heterocycles. The molecular weight excluding hydrogens is 348 g/mol. The summed E-state index contributed by atoms with van der Waals surface area (Å²) in [4.78, 5) is 8.34. The summed E-state index contributed by atoms with van der Waals surface area (Å²) in [6.45, 7) is 0.717. The molecular formula is C16H19ClN4O2S. The maximum absolute atomic E-state index is 11.5. The Kier molecular flexibility index (Phi) is 5.20. The molecule has 1 aromatic carbocycles. The average molecular weight is 367 g/mol. The number of aromatic nitrogens is 2. The zero-order valence-corrected chi connectivity index (χ0v) is 14.6. The standard InChI is InChI=1S/C16H19ClN4O2S/c17-13-3-1-2-12(8-13)4-6-18-15-9-16(20-11-19-15)21-14-5-7-24(22,23)10-14/h1-3,8-9,11,14H,4-7,10H2,(H2,18,19,20,21). The Morgan fingerprint density at radius 1 is 1.21 bits per heavy atom. The summed E-state index contributed by atoms with van der Waals surface area (Å²) in [6, 6.07) is 9.47. The van der Waals surface area contributed by atoms with Crippen LogP contribution in [0.3, 0.4) is 0 Å². The maximum Gasteiger partial charge on any atom is 0.152 e. The lowest BCUT2D eigenvalue weighted by molar-refractivity contribution is 0.602. The predicted molar refractivity (Wildman–Crippen MR) is 96.4 cm³/mol. The molecule has 1 aliphatic heterocycles. The predicted octanol–water partition coefficient (Wildman–Crippen LogP) is 2.38. The van der Waals surface area contributed by atoms with Gasteiger partial charge >= 0.3 is 0 Å². The number of nitrogens with one attached hydrogen (secondary N) is 2. The van der Waals surface area contributed by atoms with Gasteiger partial charge in [0.2, 0.25) is 0 Å². The second kappa shape index (κ2) is 7.36.